The molecule has 0 saturated carbocycles. The van der Waals surface area contributed by atoms with Gasteiger partial charge in [0.2, 0.25) is 17.7 Å². The van der Waals surface area contributed by atoms with E-state index < -0.39 is 12.1 Å². The van der Waals surface area contributed by atoms with Crippen LogP contribution in [0.2, 0.25) is 0 Å². The first kappa shape index (κ1) is 27.4. The van der Waals surface area contributed by atoms with Crippen LogP contribution in [0, 0.1) is 0 Å². The van der Waals surface area contributed by atoms with Crippen LogP contribution in [-0.4, -0.2) is 90.3 Å². The van der Waals surface area contributed by atoms with Gasteiger partial charge in [0.05, 0.1) is 11.6 Å². The molecule has 13 nitrogen and oxygen atoms in total. The second-order valence-corrected chi connectivity index (χ2v) is 10.3. The van der Waals surface area contributed by atoms with Crippen molar-refractivity contribution in [2.24, 2.45) is 12.8 Å². The zero-order chi connectivity index (χ0) is 28.1. The molecule has 3 amide bonds. The highest BCUT2D eigenvalue weighted by Gasteiger charge is 2.39. The predicted octanol–water partition coefficient (Wildman–Crippen LogP) is 0.543. The summed E-state index contributed by atoms with van der Waals surface area (Å²) in [5, 5.41) is 11.1. The Bertz CT molecular complexity index is 1340. The first-order valence-corrected chi connectivity index (χ1v) is 13.7. The first-order chi connectivity index (χ1) is 19.4. The average molecular weight is 550 g/mol. The van der Waals surface area contributed by atoms with Crippen LogP contribution in [0.1, 0.15) is 44.1 Å². The van der Waals surface area contributed by atoms with E-state index in [1.54, 1.807) is 23.1 Å². The number of piperidine rings is 1. The number of benzene rings is 1. The van der Waals surface area contributed by atoms with Gasteiger partial charge in [-0.05, 0) is 43.0 Å². The summed E-state index contributed by atoms with van der Waals surface area (Å²) in [6.07, 6.45) is 6.02. The molecular formula is C27H35N9O4. The number of rotatable bonds is 9. The molecule has 40 heavy (non-hydrogen) atoms. The third-order valence-corrected chi connectivity index (χ3v) is 7.54. The normalized spacial score (nSPS) is 19.9. The number of nitrogens with zero attached hydrogens (tertiary/aromatic N) is 7. The largest absolute Gasteiger partial charge is 0.460 e. The fourth-order valence-electron chi connectivity index (χ4n) is 5.29. The lowest BCUT2D eigenvalue weighted by Gasteiger charge is -2.39. The van der Waals surface area contributed by atoms with Gasteiger partial charge in [-0.15, -0.1) is 5.10 Å². The maximum absolute atomic E-state index is 13.5. The van der Waals surface area contributed by atoms with Crippen LogP contribution >= 0.6 is 0 Å². The van der Waals surface area contributed by atoms with E-state index in [4.69, 9.17) is 10.5 Å². The van der Waals surface area contributed by atoms with E-state index in [0.717, 1.165) is 42.5 Å². The number of carbonyl (C=O) groups is 3. The molecule has 4 heterocycles. The molecule has 2 aromatic heterocycles. The summed E-state index contributed by atoms with van der Waals surface area (Å²) in [7, 11) is 1.82. The molecule has 0 bridgehead atoms. The van der Waals surface area contributed by atoms with Crippen LogP contribution in [0.15, 0.2) is 36.7 Å². The van der Waals surface area contributed by atoms with Crippen molar-refractivity contribution in [2.45, 2.75) is 63.3 Å². The van der Waals surface area contributed by atoms with Crippen molar-refractivity contribution in [3.05, 3.63) is 42.2 Å². The van der Waals surface area contributed by atoms with Gasteiger partial charge < -0.3 is 25.6 Å². The van der Waals surface area contributed by atoms with Gasteiger partial charge >= 0.3 is 6.01 Å². The van der Waals surface area contributed by atoms with E-state index in [-0.39, 0.29) is 62.2 Å². The quantitative estimate of drug-likeness (QED) is 0.388. The molecule has 5 rings (SSSR count). The molecule has 3 N–H and O–H groups in total. The minimum Gasteiger partial charge on any atom is -0.460 e. The predicted molar refractivity (Wildman–Crippen MR) is 145 cm³/mol. The number of aromatic nitrogens is 5. The minimum absolute atomic E-state index is 0.0186. The van der Waals surface area contributed by atoms with Crippen LogP contribution in [0.5, 0.6) is 6.01 Å². The molecule has 0 radical (unpaired) electrons. The molecule has 212 valence electrons. The molecular weight excluding hydrogens is 514 g/mol. The number of amides is 3. The highest BCUT2D eigenvalue weighted by Crippen LogP contribution is 2.23. The fraction of sp³-hybridized carbons (Fsp3) is 0.519. The number of hydrogen-bond acceptors (Lipinski definition) is 9. The molecule has 2 fully saturated rings. The summed E-state index contributed by atoms with van der Waals surface area (Å²) in [6.45, 7) is 2.06. The van der Waals surface area contributed by atoms with Gasteiger partial charge in [-0.25, -0.2) is 14.6 Å². The van der Waals surface area contributed by atoms with Crippen molar-refractivity contribution in [3.8, 4) is 6.01 Å². The molecule has 2 saturated heterocycles. The summed E-state index contributed by atoms with van der Waals surface area (Å²) in [4.78, 5) is 51.0. The van der Waals surface area contributed by atoms with Crippen LogP contribution in [-0.2, 0) is 28.0 Å². The second-order valence-electron chi connectivity index (χ2n) is 10.3. The van der Waals surface area contributed by atoms with Gasteiger partial charge in [-0.1, -0.05) is 11.3 Å². The van der Waals surface area contributed by atoms with Crippen LogP contribution in [0.3, 0.4) is 0 Å². The Morgan fingerprint density at radius 1 is 1.15 bits per heavy atom. The topological polar surface area (TPSA) is 161 Å². The maximum atomic E-state index is 13.5. The molecule has 3 unspecified atom stereocenters. The molecule has 2 aliphatic rings. The average Bonchev–Trinajstić information content (AvgIpc) is 3.65. The van der Waals surface area contributed by atoms with E-state index in [2.05, 4.69) is 25.6 Å². The van der Waals surface area contributed by atoms with Crippen molar-refractivity contribution in [3.63, 3.8) is 0 Å². The monoisotopic (exact) mass is 549 g/mol. The molecule has 0 spiro atoms. The number of hydrogen-bond donors (Lipinski definition) is 2. The Morgan fingerprint density at radius 3 is 2.70 bits per heavy atom. The second kappa shape index (κ2) is 12.4. The number of carbonyl (C=O) groups excluding carboxylic acids is 3. The molecule has 0 aliphatic carbocycles. The number of fused-ring (bicyclic) bond motifs is 1. The molecule has 3 aromatic rings. The smallest absolute Gasteiger partial charge is 0.316 e. The summed E-state index contributed by atoms with van der Waals surface area (Å²) >= 11 is 0. The standard InChI is InChI=1S/C27H35N9O4/c1-34-22-7-5-18(15-21(22)32-33-34)17-31-25(38)23-16-19(40-27-29-10-4-11-30-27)9-14-36(23)26(39)20(28)6-8-24(37)35-12-2-3-13-35/h4-5,7,10-11,15,19-20,23H,2-3,6,8-9,12-14,16-17,28H2,1H3,(H,31,38). The van der Waals surface area contributed by atoms with Crippen molar-refractivity contribution >= 4 is 28.8 Å². The Hall–Kier alpha value is -4.13. The lowest BCUT2D eigenvalue weighted by molar-refractivity contribution is -0.145. The van der Waals surface area contributed by atoms with Gasteiger partial charge in [0.15, 0.2) is 0 Å². The van der Waals surface area contributed by atoms with Gasteiger partial charge in [0, 0.05) is 64.9 Å². The Labute approximate surface area is 232 Å². The van der Waals surface area contributed by atoms with Gasteiger partial charge in [0.25, 0.3) is 0 Å². The Morgan fingerprint density at radius 2 is 1.93 bits per heavy atom. The van der Waals surface area contributed by atoms with Crippen LogP contribution in [0.25, 0.3) is 11.0 Å². The lowest BCUT2D eigenvalue weighted by Crippen LogP contribution is -2.58. The molecule has 13 heteroatoms. The zero-order valence-corrected chi connectivity index (χ0v) is 22.6. The highest BCUT2D eigenvalue weighted by molar-refractivity contribution is 5.90. The van der Waals surface area contributed by atoms with Crippen LogP contribution < -0.4 is 15.8 Å². The van der Waals surface area contributed by atoms with E-state index in [1.807, 2.05) is 30.1 Å². The summed E-state index contributed by atoms with van der Waals surface area (Å²) in [5.74, 6) is -0.634. The van der Waals surface area contributed by atoms with E-state index >= 15 is 0 Å². The molecule has 2 aliphatic heterocycles. The summed E-state index contributed by atoms with van der Waals surface area (Å²) in [5.41, 5.74) is 8.75. The number of aryl methyl sites for hydroxylation is 1. The van der Waals surface area contributed by atoms with Crippen LogP contribution in [0.4, 0.5) is 0 Å². The summed E-state index contributed by atoms with van der Waals surface area (Å²) < 4.78 is 7.62. The number of ether oxygens (including phenoxy) is 1. The fourth-order valence-corrected chi connectivity index (χ4v) is 5.29. The summed E-state index contributed by atoms with van der Waals surface area (Å²) in [6, 6.07) is 5.92. The highest BCUT2D eigenvalue weighted by atomic mass is 16.5. The number of nitrogens with one attached hydrogen (secondary N) is 1. The van der Waals surface area contributed by atoms with E-state index in [1.165, 1.54) is 4.90 Å². The zero-order valence-electron chi connectivity index (χ0n) is 22.6. The number of likely N-dealkylation sites (tertiary alicyclic amines) is 2. The molecule has 3 atom stereocenters. The van der Waals surface area contributed by atoms with Crippen molar-refractivity contribution < 1.29 is 19.1 Å². The van der Waals surface area contributed by atoms with E-state index in [9.17, 15) is 14.4 Å². The van der Waals surface area contributed by atoms with Gasteiger partial charge in [-0.2, -0.15) is 0 Å². The van der Waals surface area contributed by atoms with Crippen molar-refractivity contribution in [1.29, 1.82) is 0 Å². The first-order valence-electron chi connectivity index (χ1n) is 13.7. The third kappa shape index (κ3) is 6.36. The number of nitrogens with two attached hydrogens (primary N) is 1. The van der Waals surface area contributed by atoms with E-state index in [0.29, 0.717) is 6.42 Å². The maximum Gasteiger partial charge on any atom is 0.316 e. The molecule has 1 aromatic carbocycles. The Kier molecular flexibility index (Phi) is 8.48. The third-order valence-electron chi connectivity index (χ3n) is 7.54. The Balaban J connectivity index is 1.25. The SMILES string of the molecule is Cn1nnc2cc(CNC(=O)C3CC(Oc4ncccn4)CCN3C(=O)C(N)CCC(=O)N3CCCC3)ccc21. The van der Waals surface area contributed by atoms with Gasteiger partial charge in [0.1, 0.15) is 17.7 Å². The van der Waals surface area contributed by atoms with Gasteiger partial charge in [-0.3, -0.25) is 14.4 Å². The van der Waals surface area contributed by atoms with Crippen molar-refractivity contribution in [1.82, 2.24) is 40.1 Å². The lowest BCUT2D eigenvalue weighted by atomic mass is 9.96. The van der Waals surface area contributed by atoms with Crippen molar-refractivity contribution in [2.75, 3.05) is 19.6 Å². The minimum atomic E-state index is -0.879.